The van der Waals surface area contributed by atoms with Crippen molar-refractivity contribution in [1.82, 2.24) is 0 Å². The maximum Gasteiger partial charge on any atom is 0.0717 e. The van der Waals surface area contributed by atoms with Crippen molar-refractivity contribution in [1.29, 1.82) is 0 Å². The minimum absolute atomic E-state index is 0.510. The highest BCUT2D eigenvalue weighted by atomic mass is 32.2. The third kappa shape index (κ3) is 4.09. The molecule has 2 aromatic rings. The molecule has 0 aliphatic carbocycles. The van der Waals surface area contributed by atoms with Crippen molar-refractivity contribution in [2.45, 2.75) is 11.5 Å². The average Bonchev–Trinajstić information content (AvgIpc) is 2.45. The van der Waals surface area contributed by atoms with E-state index in [1.165, 1.54) is 0 Å². The second-order valence-corrected chi connectivity index (χ2v) is 5.47. The molecule has 0 saturated carbocycles. The van der Waals surface area contributed by atoms with E-state index < -0.39 is 10.8 Å². The van der Waals surface area contributed by atoms with E-state index in [2.05, 4.69) is 0 Å². The Balaban J connectivity index is 1.72. The van der Waals surface area contributed by atoms with Crippen LogP contribution < -0.4 is 0 Å². The van der Waals surface area contributed by atoms with Crippen molar-refractivity contribution in [2.24, 2.45) is 0 Å². The SMILES string of the molecule is O=S(CCOCc1ccccc1)c1ccccc1. The smallest absolute Gasteiger partial charge is 0.0717 e. The summed E-state index contributed by atoms with van der Waals surface area (Å²) in [6.45, 7) is 1.09. The van der Waals surface area contributed by atoms with E-state index in [1.807, 2.05) is 60.7 Å². The Kier molecular flexibility index (Phi) is 5.12. The molecule has 1 atom stereocenters. The molecule has 0 aromatic heterocycles. The molecule has 0 bridgehead atoms. The molecule has 0 N–H and O–H groups in total. The van der Waals surface area contributed by atoms with Crippen molar-refractivity contribution in [3.05, 3.63) is 66.2 Å². The molecule has 0 fully saturated rings. The Bertz CT molecular complexity index is 482. The molecule has 2 rings (SSSR count). The fourth-order valence-electron chi connectivity index (χ4n) is 1.59. The molecule has 0 radical (unpaired) electrons. The third-order valence-electron chi connectivity index (χ3n) is 2.53. The second-order valence-electron chi connectivity index (χ2n) is 3.90. The van der Waals surface area contributed by atoms with Gasteiger partial charge in [0.15, 0.2) is 0 Å². The first-order valence-electron chi connectivity index (χ1n) is 5.91. The van der Waals surface area contributed by atoms with E-state index in [0.29, 0.717) is 19.0 Å². The van der Waals surface area contributed by atoms with E-state index in [9.17, 15) is 4.21 Å². The molecular weight excluding hydrogens is 244 g/mol. The van der Waals surface area contributed by atoms with Gasteiger partial charge in [-0.25, -0.2) is 0 Å². The van der Waals surface area contributed by atoms with Gasteiger partial charge in [0.25, 0.3) is 0 Å². The maximum atomic E-state index is 11.9. The second kappa shape index (κ2) is 7.09. The lowest BCUT2D eigenvalue weighted by Gasteiger charge is -2.04. The van der Waals surface area contributed by atoms with Crippen LogP contribution in [-0.4, -0.2) is 16.6 Å². The van der Waals surface area contributed by atoms with E-state index in [1.54, 1.807) is 0 Å². The van der Waals surface area contributed by atoms with Crippen LogP contribution in [0.3, 0.4) is 0 Å². The van der Waals surface area contributed by atoms with E-state index in [-0.39, 0.29) is 0 Å². The molecule has 2 aromatic carbocycles. The normalized spacial score (nSPS) is 12.2. The van der Waals surface area contributed by atoms with E-state index >= 15 is 0 Å². The number of hydrogen-bond acceptors (Lipinski definition) is 2. The zero-order chi connectivity index (χ0) is 12.6. The summed E-state index contributed by atoms with van der Waals surface area (Å²) in [5, 5.41) is 0. The predicted molar refractivity (Wildman–Crippen MR) is 73.8 cm³/mol. The van der Waals surface area contributed by atoms with Gasteiger partial charge in [0.1, 0.15) is 0 Å². The zero-order valence-electron chi connectivity index (χ0n) is 10.1. The van der Waals surface area contributed by atoms with Crippen LogP contribution in [0.15, 0.2) is 65.6 Å². The third-order valence-corrected chi connectivity index (χ3v) is 3.87. The monoisotopic (exact) mass is 260 g/mol. The Morgan fingerprint density at radius 2 is 1.50 bits per heavy atom. The van der Waals surface area contributed by atoms with Crippen LogP contribution in [-0.2, 0) is 22.1 Å². The number of ether oxygens (including phenoxy) is 1. The van der Waals surface area contributed by atoms with Crippen molar-refractivity contribution >= 4 is 10.8 Å². The van der Waals surface area contributed by atoms with Gasteiger partial charge in [-0.15, -0.1) is 0 Å². The molecule has 1 unspecified atom stereocenters. The van der Waals surface area contributed by atoms with Crippen molar-refractivity contribution in [3.8, 4) is 0 Å². The van der Waals surface area contributed by atoms with E-state index in [0.717, 1.165) is 10.5 Å². The van der Waals surface area contributed by atoms with Crippen LogP contribution in [0.4, 0.5) is 0 Å². The van der Waals surface area contributed by atoms with Crippen molar-refractivity contribution in [2.75, 3.05) is 12.4 Å². The van der Waals surface area contributed by atoms with E-state index in [4.69, 9.17) is 4.74 Å². The Hall–Kier alpha value is -1.45. The van der Waals surface area contributed by atoms with Gasteiger partial charge in [0.2, 0.25) is 0 Å². The van der Waals surface area contributed by atoms with Crippen LogP contribution in [0.2, 0.25) is 0 Å². The molecule has 0 spiro atoms. The molecule has 0 saturated heterocycles. The minimum atomic E-state index is -0.966. The lowest BCUT2D eigenvalue weighted by molar-refractivity contribution is 0.136. The van der Waals surface area contributed by atoms with Gasteiger partial charge in [-0.2, -0.15) is 0 Å². The summed E-state index contributed by atoms with van der Waals surface area (Å²) in [6.07, 6.45) is 0. The minimum Gasteiger partial charge on any atom is -0.376 e. The molecule has 2 nitrogen and oxygen atoms in total. The summed E-state index contributed by atoms with van der Waals surface area (Å²) in [7, 11) is -0.966. The molecule has 0 amide bonds. The standard InChI is InChI=1S/C15H16O2S/c16-18(15-9-5-2-6-10-15)12-11-17-13-14-7-3-1-4-8-14/h1-10H,11-13H2. The molecule has 0 aliphatic heterocycles. The predicted octanol–water partition coefficient (Wildman–Crippen LogP) is 3.01. The first-order chi connectivity index (χ1) is 8.86. The zero-order valence-corrected chi connectivity index (χ0v) is 10.9. The van der Waals surface area contributed by atoms with Crippen LogP contribution in [0.1, 0.15) is 5.56 Å². The summed E-state index contributed by atoms with van der Waals surface area (Å²) < 4.78 is 17.4. The van der Waals surface area contributed by atoms with Gasteiger partial charge in [-0.1, -0.05) is 48.5 Å². The Morgan fingerprint density at radius 3 is 2.17 bits per heavy atom. The molecule has 0 heterocycles. The summed E-state index contributed by atoms with van der Waals surface area (Å²) in [4.78, 5) is 0.862. The lowest BCUT2D eigenvalue weighted by atomic mass is 10.2. The van der Waals surface area contributed by atoms with Gasteiger partial charge >= 0.3 is 0 Å². The van der Waals surface area contributed by atoms with Gasteiger partial charge < -0.3 is 4.74 Å². The first-order valence-corrected chi connectivity index (χ1v) is 7.23. The molecular formula is C15H16O2S. The van der Waals surface area contributed by atoms with Crippen LogP contribution >= 0.6 is 0 Å². The average molecular weight is 260 g/mol. The fraction of sp³-hybridized carbons (Fsp3) is 0.200. The topological polar surface area (TPSA) is 26.3 Å². The Morgan fingerprint density at radius 1 is 0.889 bits per heavy atom. The van der Waals surface area contributed by atoms with Crippen LogP contribution in [0.25, 0.3) is 0 Å². The highest BCUT2D eigenvalue weighted by molar-refractivity contribution is 7.85. The summed E-state index contributed by atoms with van der Waals surface area (Å²) in [5.74, 6) is 0.539. The lowest BCUT2D eigenvalue weighted by Crippen LogP contribution is -2.06. The number of hydrogen-bond donors (Lipinski definition) is 0. The number of benzene rings is 2. The van der Waals surface area contributed by atoms with Crippen LogP contribution in [0, 0.1) is 0 Å². The summed E-state index contributed by atoms with van der Waals surface area (Å²) in [6, 6.07) is 19.5. The van der Waals surface area contributed by atoms with Gasteiger partial charge in [-0.05, 0) is 17.7 Å². The fourth-order valence-corrected chi connectivity index (χ4v) is 2.55. The summed E-state index contributed by atoms with van der Waals surface area (Å²) >= 11 is 0. The Labute approximate surface area is 110 Å². The van der Waals surface area contributed by atoms with Gasteiger partial charge in [0, 0.05) is 4.90 Å². The maximum absolute atomic E-state index is 11.9. The molecule has 94 valence electrons. The first kappa shape index (κ1) is 13.0. The molecule has 18 heavy (non-hydrogen) atoms. The quantitative estimate of drug-likeness (QED) is 0.746. The van der Waals surface area contributed by atoms with Crippen LogP contribution in [0.5, 0.6) is 0 Å². The molecule has 3 heteroatoms. The highest BCUT2D eigenvalue weighted by Gasteiger charge is 2.02. The van der Waals surface area contributed by atoms with Crippen molar-refractivity contribution in [3.63, 3.8) is 0 Å². The van der Waals surface area contributed by atoms with Gasteiger partial charge in [-0.3, -0.25) is 4.21 Å². The van der Waals surface area contributed by atoms with Gasteiger partial charge in [0.05, 0.1) is 29.8 Å². The highest BCUT2D eigenvalue weighted by Crippen LogP contribution is 2.06. The van der Waals surface area contributed by atoms with Crippen molar-refractivity contribution < 1.29 is 8.95 Å². The summed E-state index contributed by atoms with van der Waals surface area (Å²) in [5.41, 5.74) is 1.14. The molecule has 0 aliphatic rings. The number of rotatable bonds is 6. The largest absolute Gasteiger partial charge is 0.376 e.